The Morgan fingerprint density at radius 2 is 2.05 bits per heavy atom. The number of rotatable bonds is 3. The molecule has 0 bridgehead atoms. The molecule has 114 valence electrons. The van der Waals surface area contributed by atoms with Gasteiger partial charge in [0.2, 0.25) is 15.9 Å². The van der Waals surface area contributed by atoms with E-state index in [2.05, 4.69) is 5.32 Å². The van der Waals surface area contributed by atoms with E-state index in [0.29, 0.717) is 5.56 Å². The van der Waals surface area contributed by atoms with Gasteiger partial charge in [-0.3, -0.25) is 14.9 Å². The zero-order valence-corrected chi connectivity index (χ0v) is 12.2. The number of nitro groups is 1. The highest BCUT2D eigenvalue weighted by Crippen LogP contribution is 2.24. The molecule has 1 aromatic carbocycles. The van der Waals surface area contributed by atoms with Gasteiger partial charge in [-0.25, -0.2) is 8.42 Å². The van der Waals surface area contributed by atoms with Crippen molar-refractivity contribution in [2.45, 2.75) is 18.2 Å². The molecule has 21 heavy (non-hydrogen) atoms. The van der Waals surface area contributed by atoms with E-state index < -0.39 is 14.9 Å². The molecule has 1 N–H and O–H groups in total. The molecule has 0 unspecified atom stereocenters. The molecule has 0 radical (unpaired) electrons. The zero-order chi connectivity index (χ0) is 15.6. The van der Waals surface area contributed by atoms with Gasteiger partial charge in [-0.2, -0.15) is 4.31 Å². The van der Waals surface area contributed by atoms with Crippen molar-refractivity contribution in [1.29, 1.82) is 0 Å². The third-order valence-electron chi connectivity index (χ3n) is 3.29. The number of sulfonamides is 1. The van der Waals surface area contributed by atoms with Gasteiger partial charge in [-0.15, -0.1) is 0 Å². The maximum atomic E-state index is 12.5. The number of nitrogens with one attached hydrogen (secondary N) is 1. The van der Waals surface area contributed by atoms with Crippen molar-refractivity contribution in [2.24, 2.45) is 0 Å². The summed E-state index contributed by atoms with van der Waals surface area (Å²) in [5.41, 5.74) is 0.159. The average Bonchev–Trinajstić information content (AvgIpc) is 2.63. The van der Waals surface area contributed by atoms with Gasteiger partial charge in [-0.1, -0.05) is 6.07 Å². The SMILES string of the molecule is Cc1ccc(S(=O)(=O)N2CCNC(=O)CC2)cc1[N+](=O)[O-]. The number of carbonyl (C=O) groups excluding carboxylic acids is 1. The van der Waals surface area contributed by atoms with Gasteiger partial charge in [0, 0.05) is 37.7 Å². The molecule has 1 saturated heterocycles. The lowest BCUT2D eigenvalue weighted by Crippen LogP contribution is -2.34. The Morgan fingerprint density at radius 1 is 1.33 bits per heavy atom. The average molecular weight is 313 g/mol. The lowest BCUT2D eigenvalue weighted by molar-refractivity contribution is -0.385. The second-order valence-electron chi connectivity index (χ2n) is 4.71. The quantitative estimate of drug-likeness (QED) is 0.642. The molecule has 1 aliphatic rings. The Labute approximate surface area is 122 Å². The van der Waals surface area contributed by atoms with E-state index in [0.717, 1.165) is 6.07 Å². The topological polar surface area (TPSA) is 110 Å². The fourth-order valence-electron chi connectivity index (χ4n) is 2.08. The Morgan fingerprint density at radius 3 is 2.71 bits per heavy atom. The molecule has 1 fully saturated rings. The van der Waals surface area contributed by atoms with Crippen LogP contribution < -0.4 is 5.32 Å². The minimum absolute atomic E-state index is 0.0653. The summed E-state index contributed by atoms with van der Waals surface area (Å²) in [7, 11) is -3.84. The number of carbonyl (C=O) groups is 1. The van der Waals surface area contributed by atoms with Crippen molar-refractivity contribution in [2.75, 3.05) is 19.6 Å². The van der Waals surface area contributed by atoms with E-state index in [1.807, 2.05) is 0 Å². The Balaban J connectivity index is 2.37. The predicted molar refractivity (Wildman–Crippen MR) is 74.2 cm³/mol. The van der Waals surface area contributed by atoms with Crippen LogP contribution in [0.2, 0.25) is 0 Å². The van der Waals surface area contributed by atoms with Gasteiger partial charge >= 0.3 is 0 Å². The van der Waals surface area contributed by atoms with Crippen LogP contribution in [0, 0.1) is 17.0 Å². The molecule has 1 heterocycles. The van der Waals surface area contributed by atoms with Crippen molar-refractivity contribution in [1.82, 2.24) is 9.62 Å². The number of nitro benzene ring substituents is 1. The van der Waals surface area contributed by atoms with Crippen LogP contribution in [-0.2, 0) is 14.8 Å². The van der Waals surface area contributed by atoms with Crippen LogP contribution in [0.3, 0.4) is 0 Å². The van der Waals surface area contributed by atoms with Crippen LogP contribution in [0.1, 0.15) is 12.0 Å². The van der Waals surface area contributed by atoms with Gasteiger partial charge in [0.25, 0.3) is 5.69 Å². The van der Waals surface area contributed by atoms with Crippen LogP contribution in [-0.4, -0.2) is 43.2 Å². The van der Waals surface area contributed by atoms with Gasteiger partial charge < -0.3 is 5.32 Å². The maximum Gasteiger partial charge on any atom is 0.273 e. The lowest BCUT2D eigenvalue weighted by atomic mass is 10.2. The summed E-state index contributed by atoms with van der Waals surface area (Å²) in [4.78, 5) is 21.4. The first kappa shape index (κ1) is 15.4. The van der Waals surface area contributed by atoms with E-state index in [-0.39, 0.29) is 42.5 Å². The molecule has 1 amide bonds. The lowest BCUT2D eigenvalue weighted by Gasteiger charge is -2.19. The molecule has 1 aliphatic heterocycles. The summed E-state index contributed by atoms with van der Waals surface area (Å²) in [6.07, 6.45) is 0.0766. The van der Waals surface area contributed by atoms with Crippen LogP contribution in [0.25, 0.3) is 0 Å². The second kappa shape index (κ2) is 5.78. The minimum Gasteiger partial charge on any atom is -0.355 e. The van der Waals surface area contributed by atoms with E-state index in [1.54, 1.807) is 6.92 Å². The number of hydrogen-bond acceptors (Lipinski definition) is 5. The smallest absolute Gasteiger partial charge is 0.273 e. The fourth-order valence-corrected chi connectivity index (χ4v) is 3.54. The Hall–Kier alpha value is -2.00. The summed E-state index contributed by atoms with van der Waals surface area (Å²) >= 11 is 0. The van der Waals surface area contributed by atoms with Crippen LogP contribution in [0.5, 0.6) is 0 Å². The van der Waals surface area contributed by atoms with Crippen LogP contribution >= 0.6 is 0 Å². The first-order valence-corrected chi connectivity index (χ1v) is 7.78. The predicted octanol–water partition coefficient (Wildman–Crippen LogP) is 0.414. The largest absolute Gasteiger partial charge is 0.355 e. The number of nitrogens with zero attached hydrogens (tertiary/aromatic N) is 2. The molecular weight excluding hydrogens is 298 g/mol. The van der Waals surface area contributed by atoms with Crippen LogP contribution in [0.4, 0.5) is 5.69 Å². The third kappa shape index (κ3) is 3.19. The van der Waals surface area contributed by atoms with E-state index >= 15 is 0 Å². The monoisotopic (exact) mass is 313 g/mol. The molecule has 2 rings (SSSR count). The highest BCUT2D eigenvalue weighted by molar-refractivity contribution is 7.89. The summed E-state index contributed by atoms with van der Waals surface area (Å²) in [6.45, 7) is 1.99. The van der Waals surface area contributed by atoms with Crippen molar-refractivity contribution >= 4 is 21.6 Å². The number of hydrogen-bond donors (Lipinski definition) is 1. The van der Waals surface area contributed by atoms with Gasteiger partial charge in [-0.05, 0) is 13.0 Å². The molecule has 0 atom stereocenters. The molecule has 0 aliphatic carbocycles. The van der Waals surface area contributed by atoms with Gasteiger partial charge in [0.05, 0.1) is 9.82 Å². The van der Waals surface area contributed by atoms with Crippen LogP contribution in [0.15, 0.2) is 23.1 Å². The maximum absolute atomic E-state index is 12.5. The number of aryl methyl sites for hydroxylation is 1. The van der Waals surface area contributed by atoms with Gasteiger partial charge in [0.1, 0.15) is 0 Å². The number of amides is 1. The molecule has 1 aromatic rings. The van der Waals surface area contributed by atoms with Crippen molar-refractivity contribution in [3.63, 3.8) is 0 Å². The van der Waals surface area contributed by atoms with Crippen molar-refractivity contribution in [3.8, 4) is 0 Å². The molecule has 0 saturated carbocycles. The molecule has 9 heteroatoms. The van der Waals surface area contributed by atoms with E-state index in [4.69, 9.17) is 0 Å². The van der Waals surface area contributed by atoms with Gasteiger partial charge in [0.15, 0.2) is 0 Å². The van der Waals surface area contributed by atoms with E-state index in [1.165, 1.54) is 16.4 Å². The summed E-state index contributed by atoms with van der Waals surface area (Å²) in [5.74, 6) is -0.206. The van der Waals surface area contributed by atoms with E-state index in [9.17, 15) is 23.3 Å². The van der Waals surface area contributed by atoms with Crippen molar-refractivity contribution in [3.05, 3.63) is 33.9 Å². The molecule has 0 spiro atoms. The first-order valence-electron chi connectivity index (χ1n) is 6.34. The second-order valence-corrected chi connectivity index (χ2v) is 6.65. The molecule has 0 aromatic heterocycles. The third-order valence-corrected chi connectivity index (χ3v) is 5.18. The highest BCUT2D eigenvalue weighted by atomic mass is 32.2. The first-order chi connectivity index (χ1) is 9.82. The molecule has 8 nitrogen and oxygen atoms in total. The zero-order valence-electron chi connectivity index (χ0n) is 11.4. The number of benzene rings is 1. The minimum atomic E-state index is -3.84. The summed E-state index contributed by atoms with van der Waals surface area (Å²) in [5, 5.41) is 13.5. The van der Waals surface area contributed by atoms with Crippen molar-refractivity contribution < 1.29 is 18.1 Å². The normalized spacial score (nSPS) is 17.1. The fraction of sp³-hybridized carbons (Fsp3) is 0.417. The Kier molecular flexibility index (Phi) is 4.24. The molecular formula is C12H15N3O5S. The summed E-state index contributed by atoms with van der Waals surface area (Å²) < 4.78 is 26.2. The summed E-state index contributed by atoms with van der Waals surface area (Å²) in [6, 6.07) is 3.81. The Bertz CT molecular complexity index is 686. The standard InChI is InChI=1S/C12H15N3O5S/c1-9-2-3-10(8-11(9)15(17)18)21(19,20)14-6-4-12(16)13-5-7-14/h2-3,8H,4-7H2,1H3,(H,13,16). The highest BCUT2D eigenvalue weighted by Gasteiger charge is 2.28.